The van der Waals surface area contributed by atoms with E-state index in [-0.39, 0.29) is 11.6 Å². The van der Waals surface area contributed by atoms with Crippen molar-refractivity contribution in [1.29, 1.82) is 5.26 Å². The SMILES string of the molecule is N#Cc1ccc(Nc2ccc(NS(=O)(=O)CCCc3ccccc3)nn2)cc1. The van der Waals surface area contributed by atoms with Crippen LogP contribution in [0.3, 0.4) is 0 Å². The third-order valence-electron chi connectivity index (χ3n) is 3.93. The lowest BCUT2D eigenvalue weighted by Gasteiger charge is -2.08. The number of nitrogens with zero attached hydrogens (tertiary/aromatic N) is 3. The van der Waals surface area contributed by atoms with E-state index in [2.05, 4.69) is 26.3 Å². The number of anilines is 3. The number of hydrogen-bond acceptors (Lipinski definition) is 6. The lowest BCUT2D eigenvalue weighted by atomic mass is 10.1. The zero-order valence-corrected chi connectivity index (χ0v) is 15.9. The molecule has 7 nitrogen and oxygen atoms in total. The molecule has 0 bridgehead atoms. The number of aromatic nitrogens is 2. The second kappa shape index (κ2) is 8.97. The lowest BCUT2D eigenvalue weighted by molar-refractivity contribution is 0.598. The van der Waals surface area contributed by atoms with Gasteiger partial charge in [0.05, 0.1) is 17.4 Å². The quantitative estimate of drug-likeness (QED) is 0.607. The molecule has 0 radical (unpaired) electrons. The van der Waals surface area contributed by atoms with Crippen molar-refractivity contribution in [2.24, 2.45) is 0 Å². The molecule has 1 aromatic heterocycles. The van der Waals surface area contributed by atoms with Crippen LogP contribution in [0.1, 0.15) is 17.5 Å². The molecular weight excluding hydrogens is 374 g/mol. The minimum Gasteiger partial charge on any atom is -0.339 e. The summed E-state index contributed by atoms with van der Waals surface area (Å²) in [5.74, 6) is 0.649. The van der Waals surface area contributed by atoms with Gasteiger partial charge in [0.15, 0.2) is 11.6 Å². The lowest BCUT2D eigenvalue weighted by Crippen LogP contribution is -2.18. The molecule has 0 aliphatic carbocycles. The van der Waals surface area contributed by atoms with Gasteiger partial charge >= 0.3 is 0 Å². The van der Waals surface area contributed by atoms with E-state index in [1.54, 1.807) is 36.4 Å². The topological polar surface area (TPSA) is 108 Å². The first-order valence-corrected chi connectivity index (χ1v) is 10.3. The highest BCUT2D eigenvalue weighted by Gasteiger charge is 2.11. The van der Waals surface area contributed by atoms with Gasteiger partial charge in [-0.05, 0) is 54.8 Å². The number of rotatable bonds is 8. The smallest absolute Gasteiger partial charge is 0.233 e. The fraction of sp³-hybridized carbons (Fsp3) is 0.150. The van der Waals surface area contributed by atoms with E-state index in [1.165, 1.54) is 0 Å². The standard InChI is InChI=1S/C20H19N5O2S/c21-15-17-8-10-18(11-9-17)22-19-12-13-20(24-23-19)25-28(26,27)14-4-7-16-5-2-1-3-6-16/h1-3,5-6,8-13H,4,7,14H2,(H,22,23)(H,24,25). The van der Waals surface area contributed by atoms with E-state index >= 15 is 0 Å². The summed E-state index contributed by atoms with van der Waals surface area (Å²) < 4.78 is 26.9. The first-order valence-electron chi connectivity index (χ1n) is 8.69. The zero-order valence-electron chi connectivity index (χ0n) is 15.0. The molecule has 1 heterocycles. The van der Waals surface area contributed by atoms with E-state index < -0.39 is 10.0 Å². The Morgan fingerprint density at radius 1 is 0.893 bits per heavy atom. The van der Waals surface area contributed by atoms with E-state index in [9.17, 15) is 8.42 Å². The summed E-state index contributed by atoms with van der Waals surface area (Å²) in [6.45, 7) is 0. The molecule has 8 heteroatoms. The van der Waals surface area contributed by atoms with Gasteiger partial charge in [0.25, 0.3) is 0 Å². The van der Waals surface area contributed by atoms with Gasteiger partial charge in [-0.15, -0.1) is 10.2 Å². The summed E-state index contributed by atoms with van der Waals surface area (Å²) in [6, 6.07) is 21.9. The van der Waals surface area contributed by atoms with Gasteiger partial charge in [0, 0.05) is 5.69 Å². The van der Waals surface area contributed by atoms with Crippen LogP contribution in [0.2, 0.25) is 0 Å². The molecule has 142 valence electrons. The van der Waals surface area contributed by atoms with Gasteiger partial charge in [0.1, 0.15) is 0 Å². The molecule has 0 aliphatic rings. The Bertz CT molecular complexity index is 1040. The van der Waals surface area contributed by atoms with Gasteiger partial charge in [-0.2, -0.15) is 5.26 Å². The Hall–Kier alpha value is -3.44. The fourth-order valence-corrected chi connectivity index (χ4v) is 3.60. The average Bonchev–Trinajstić information content (AvgIpc) is 2.70. The molecule has 0 amide bonds. The second-order valence-electron chi connectivity index (χ2n) is 6.13. The minimum atomic E-state index is -3.49. The van der Waals surface area contributed by atoms with Crippen LogP contribution in [-0.2, 0) is 16.4 Å². The highest BCUT2D eigenvalue weighted by atomic mass is 32.2. The van der Waals surface area contributed by atoms with Crippen molar-refractivity contribution in [3.63, 3.8) is 0 Å². The maximum atomic E-state index is 12.2. The molecule has 28 heavy (non-hydrogen) atoms. The Labute approximate surface area is 164 Å². The predicted octanol–water partition coefficient (Wildman–Crippen LogP) is 3.47. The maximum Gasteiger partial charge on any atom is 0.233 e. The number of aryl methyl sites for hydroxylation is 1. The number of benzene rings is 2. The minimum absolute atomic E-state index is 0.00875. The van der Waals surface area contributed by atoms with Crippen molar-refractivity contribution in [1.82, 2.24) is 10.2 Å². The molecule has 2 aromatic carbocycles. The van der Waals surface area contributed by atoms with E-state index in [0.717, 1.165) is 11.3 Å². The molecule has 0 spiro atoms. The molecule has 0 saturated heterocycles. The van der Waals surface area contributed by atoms with E-state index in [1.807, 2.05) is 30.3 Å². The Morgan fingerprint density at radius 2 is 1.57 bits per heavy atom. The summed E-state index contributed by atoms with van der Waals surface area (Å²) in [6.07, 6.45) is 1.21. The van der Waals surface area contributed by atoms with E-state index in [4.69, 9.17) is 5.26 Å². The number of nitrogens with one attached hydrogen (secondary N) is 2. The Balaban J connectivity index is 1.53. The van der Waals surface area contributed by atoms with Crippen LogP contribution >= 0.6 is 0 Å². The molecule has 0 atom stereocenters. The molecule has 2 N–H and O–H groups in total. The monoisotopic (exact) mass is 393 g/mol. The third kappa shape index (κ3) is 5.79. The average molecular weight is 393 g/mol. The molecular formula is C20H19N5O2S. The van der Waals surface area contributed by atoms with Crippen molar-refractivity contribution < 1.29 is 8.42 Å². The summed E-state index contributed by atoms with van der Waals surface area (Å²) in [7, 11) is -3.49. The molecule has 0 saturated carbocycles. The van der Waals surface area contributed by atoms with Crippen LogP contribution in [0.25, 0.3) is 0 Å². The van der Waals surface area contributed by atoms with Crippen molar-refractivity contribution in [3.8, 4) is 6.07 Å². The summed E-state index contributed by atoms with van der Waals surface area (Å²) in [4.78, 5) is 0. The highest BCUT2D eigenvalue weighted by molar-refractivity contribution is 7.92. The van der Waals surface area contributed by atoms with Crippen LogP contribution < -0.4 is 10.0 Å². The van der Waals surface area contributed by atoms with Crippen molar-refractivity contribution in [2.45, 2.75) is 12.8 Å². The number of nitriles is 1. The van der Waals surface area contributed by atoms with Crippen LogP contribution in [0, 0.1) is 11.3 Å². The maximum absolute atomic E-state index is 12.2. The summed E-state index contributed by atoms with van der Waals surface area (Å²) in [5.41, 5.74) is 2.42. The van der Waals surface area contributed by atoms with Crippen molar-refractivity contribution in [3.05, 3.63) is 77.9 Å². The van der Waals surface area contributed by atoms with Gasteiger partial charge in [-0.3, -0.25) is 4.72 Å². The zero-order chi connectivity index (χ0) is 19.8. The highest BCUT2D eigenvalue weighted by Crippen LogP contribution is 2.16. The van der Waals surface area contributed by atoms with Crippen LogP contribution in [0.4, 0.5) is 17.3 Å². The first kappa shape index (κ1) is 19.3. The van der Waals surface area contributed by atoms with E-state index in [0.29, 0.717) is 24.2 Å². The molecule has 3 aromatic rings. The largest absolute Gasteiger partial charge is 0.339 e. The molecule has 0 fully saturated rings. The molecule has 3 rings (SSSR count). The van der Waals surface area contributed by atoms with Gasteiger partial charge in [0.2, 0.25) is 10.0 Å². The van der Waals surface area contributed by atoms with Crippen LogP contribution in [0.5, 0.6) is 0 Å². The van der Waals surface area contributed by atoms with Crippen molar-refractivity contribution in [2.75, 3.05) is 15.8 Å². The molecule has 0 unspecified atom stereocenters. The van der Waals surface area contributed by atoms with Gasteiger partial charge < -0.3 is 5.32 Å². The third-order valence-corrected chi connectivity index (χ3v) is 5.28. The molecule has 0 aliphatic heterocycles. The first-order chi connectivity index (χ1) is 13.5. The predicted molar refractivity (Wildman–Crippen MR) is 109 cm³/mol. The Morgan fingerprint density at radius 3 is 2.21 bits per heavy atom. The summed E-state index contributed by atoms with van der Waals surface area (Å²) >= 11 is 0. The van der Waals surface area contributed by atoms with Crippen LogP contribution in [0.15, 0.2) is 66.7 Å². The normalized spacial score (nSPS) is 10.8. The van der Waals surface area contributed by atoms with Gasteiger partial charge in [-0.1, -0.05) is 30.3 Å². The second-order valence-corrected chi connectivity index (χ2v) is 7.97. The fourth-order valence-electron chi connectivity index (χ4n) is 2.55. The van der Waals surface area contributed by atoms with Crippen molar-refractivity contribution >= 4 is 27.3 Å². The number of sulfonamides is 1. The Kier molecular flexibility index (Phi) is 6.19. The summed E-state index contributed by atoms with van der Waals surface area (Å²) in [5, 5.41) is 19.7. The van der Waals surface area contributed by atoms with Crippen LogP contribution in [-0.4, -0.2) is 24.4 Å². The van der Waals surface area contributed by atoms with Gasteiger partial charge in [-0.25, -0.2) is 8.42 Å². The number of hydrogen-bond donors (Lipinski definition) is 2.